The van der Waals surface area contributed by atoms with Crippen LogP contribution >= 0.6 is 0 Å². The summed E-state index contributed by atoms with van der Waals surface area (Å²) in [6, 6.07) is 42.5. The number of fused-ring (bicyclic) bond motifs is 9. The maximum atomic E-state index is 6.66. The number of imidazole rings is 1. The molecule has 4 aromatic heterocycles. The molecule has 0 saturated carbocycles. The van der Waals surface area contributed by atoms with Gasteiger partial charge < -0.3 is 4.74 Å². The number of rotatable bonds is 4. The first-order valence-corrected chi connectivity index (χ1v) is 16.4. The second-order valence-electron chi connectivity index (χ2n) is 13.6. The fraction of sp³-hybridized carbons (Fsp3) is 0.116. The molecule has 232 valence electrons. The second-order valence-corrected chi connectivity index (χ2v) is 13.6. The number of hydrogen-bond acceptors (Lipinski definition) is 3. The highest BCUT2D eigenvalue weighted by Gasteiger charge is 2.19. The number of pyridine rings is 2. The van der Waals surface area contributed by atoms with E-state index >= 15 is 0 Å². The lowest BCUT2D eigenvalue weighted by molar-refractivity contribution is 0.484. The SMILES string of the molecule is Cc1ccccc1-c1cn2c3ccccc3c3ccc(Oc4ccc5c6ccccc6n(-c6cc(C(C)(C)C)ccn6)c5c4)cc3c2n1. The molecule has 5 nitrogen and oxygen atoms in total. The zero-order valence-electron chi connectivity index (χ0n) is 27.4. The zero-order valence-corrected chi connectivity index (χ0v) is 27.4. The van der Waals surface area contributed by atoms with Gasteiger partial charge in [-0.05, 0) is 83.4 Å². The molecular weight excluding hydrogens is 589 g/mol. The molecule has 0 aliphatic carbocycles. The van der Waals surface area contributed by atoms with Crippen LogP contribution in [-0.4, -0.2) is 18.9 Å². The van der Waals surface area contributed by atoms with Gasteiger partial charge in [-0.25, -0.2) is 9.97 Å². The van der Waals surface area contributed by atoms with Crippen LogP contribution in [-0.2, 0) is 5.41 Å². The zero-order chi connectivity index (χ0) is 32.6. The Balaban J connectivity index is 1.20. The molecule has 5 heteroatoms. The van der Waals surface area contributed by atoms with Gasteiger partial charge in [0.05, 0.1) is 22.2 Å². The Hall–Kier alpha value is -5.94. The average molecular weight is 623 g/mol. The Kier molecular flexibility index (Phi) is 6.21. The number of ether oxygens (including phenoxy) is 1. The van der Waals surface area contributed by atoms with E-state index in [0.29, 0.717) is 0 Å². The van der Waals surface area contributed by atoms with Gasteiger partial charge in [-0.15, -0.1) is 0 Å². The molecule has 5 aromatic carbocycles. The standard InChI is InChI=1S/C43H34N4O/c1-27-11-5-6-12-31(27)37-26-46-38-15-9-7-13-33(38)32-19-17-29(24-36(32)42(46)45-37)48-30-18-20-35-34-14-8-10-16-39(34)47(40(35)25-30)41-23-28(21-22-44-41)43(2,3)4/h5-26H,1-4H3. The minimum atomic E-state index is 0.00703. The van der Waals surface area contributed by atoms with Crippen LogP contribution in [0.5, 0.6) is 11.5 Å². The van der Waals surface area contributed by atoms with Crippen molar-refractivity contribution in [3.63, 3.8) is 0 Å². The first-order chi connectivity index (χ1) is 23.3. The van der Waals surface area contributed by atoms with Gasteiger partial charge in [-0.3, -0.25) is 8.97 Å². The fourth-order valence-corrected chi connectivity index (χ4v) is 7.07. The number of nitrogens with zero attached hydrogens (tertiary/aromatic N) is 4. The molecule has 0 bridgehead atoms. The van der Waals surface area contributed by atoms with Crippen molar-refractivity contribution >= 4 is 49.1 Å². The third-order valence-electron chi connectivity index (χ3n) is 9.53. The van der Waals surface area contributed by atoms with Crippen molar-refractivity contribution in [3.8, 4) is 28.6 Å². The third-order valence-corrected chi connectivity index (χ3v) is 9.53. The maximum Gasteiger partial charge on any atom is 0.146 e. The topological polar surface area (TPSA) is 44.4 Å². The van der Waals surface area contributed by atoms with Crippen molar-refractivity contribution in [1.29, 1.82) is 0 Å². The molecule has 0 spiro atoms. The Morgan fingerprint density at radius 3 is 2.06 bits per heavy atom. The van der Waals surface area contributed by atoms with Gasteiger partial charge >= 0.3 is 0 Å². The van der Waals surface area contributed by atoms with Crippen LogP contribution in [0.25, 0.3) is 66.2 Å². The number of aryl methyl sites for hydroxylation is 1. The van der Waals surface area contributed by atoms with Crippen molar-refractivity contribution in [2.45, 2.75) is 33.1 Å². The van der Waals surface area contributed by atoms with Gasteiger partial charge in [-0.1, -0.05) is 81.4 Å². The van der Waals surface area contributed by atoms with E-state index < -0.39 is 0 Å². The lowest BCUT2D eigenvalue weighted by atomic mass is 9.88. The van der Waals surface area contributed by atoms with Crippen molar-refractivity contribution in [2.75, 3.05) is 0 Å². The molecule has 0 aliphatic rings. The van der Waals surface area contributed by atoms with Crippen molar-refractivity contribution in [3.05, 3.63) is 145 Å². The molecular formula is C43H34N4O. The van der Waals surface area contributed by atoms with Crippen LogP contribution < -0.4 is 4.74 Å². The highest BCUT2D eigenvalue weighted by Crippen LogP contribution is 2.38. The summed E-state index contributed by atoms with van der Waals surface area (Å²) < 4.78 is 11.1. The molecule has 0 amide bonds. The predicted molar refractivity (Wildman–Crippen MR) is 198 cm³/mol. The van der Waals surface area contributed by atoms with Gasteiger partial charge in [0, 0.05) is 45.6 Å². The smallest absolute Gasteiger partial charge is 0.146 e. The number of para-hydroxylation sites is 2. The molecule has 0 unspecified atom stereocenters. The minimum Gasteiger partial charge on any atom is -0.457 e. The molecule has 0 radical (unpaired) electrons. The van der Waals surface area contributed by atoms with Crippen LogP contribution in [0, 0.1) is 6.92 Å². The van der Waals surface area contributed by atoms with E-state index in [2.05, 4.69) is 164 Å². The Labute approximate surface area is 278 Å². The largest absolute Gasteiger partial charge is 0.457 e. The van der Waals surface area contributed by atoms with E-state index in [9.17, 15) is 0 Å². The average Bonchev–Trinajstić information content (AvgIpc) is 3.68. The van der Waals surface area contributed by atoms with E-state index in [4.69, 9.17) is 14.7 Å². The maximum absolute atomic E-state index is 6.66. The highest BCUT2D eigenvalue weighted by atomic mass is 16.5. The van der Waals surface area contributed by atoms with Gasteiger partial charge in [0.25, 0.3) is 0 Å². The third kappa shape index (κ3) is 4.46. The molecule has 0 atom stereocenters. The van der Waals surface area contributed by atoms with Gasteiger partial charge in [0.2, 0.25) is 0 Å². The molecule has 4 heterocycles. The van der Waals surface area contributed by atoms with Crippen LogP contribution in [0.1, 0.15) is 31.9 Å². The lowest BCUT2D eigenvalue weighted by Crippen LogP contribution is -2.12. The predicted octanol–water partition coefficient (Wildman–Crippen LogP) is 11.2. The summed E-state index contributed by atoms with van der Waals surface area (Å²) in [5.74, 6) is 2.42. The van der Waals surface area contributed by atoms with E-state index in [1.54, 1.807) is 0 Å². The fourth-order valence-electron chi connectivity index (χ4n) is 7.07. The normalized spacial score (nSPS) is 12.2. The minimum absolute atomic E-state index is 0.00703. The van der Waals surface area contributed by atoms with E-state index in [0.717, 1.165) is 66.9 Å². The molecule has 0 N–H and O–H groups in total. The molecule has 9 aromatic rings. The van der Waals surface area contributed by atoms with Crippen LogP contribution in [0.3, 0.4) is 0 Å². The quantitative estimate of drug-likeness (QED) is 0.183. The molecule has 48 heavy (non-hydrogen) atoms. The Bertz CT molecular complexity index is 2710. The summed E-state index contributed by atoms with van der Waals surface area (Å²) in [5, 5.41) is 5.72. The summed E-state index contributed by atoms with van der Waals surface area (Å²) in [6.07, 6.45) is 4.07. The van der Waals surface area contributed by atoms with Gasteiger partial charge in [0.1, 0.15) is 23.0 Å². The van der Waals surface area contributed by atoms with Crippen LogP contribution in [0.15, 0.2) is 134 Å². The first-order valence-electron chi connectivity index (χ1n) is 16.4. The van der Waals surface area contributed by atoms with E-state index in [1.165, 1.54) is 21.9 Å². The van der Waals surface area contributed by atoms with E-state index in [1.807, 2.05) is 6.20 Å². The number of aromatic nitrogens is 4. The number of hydrogen-bond donors (Lipinski definition) is 0. The summed E-state index contributed by atoms with van der Waals surface area (Å²) in [4.78, 5) is 10.0. The number of benzene rings is 5. The second kappa shape index (κ2) is 10.5. The summed E-state index contributed by atoms with van der Waals surface area (Å²) >= 11 is 0. The van der Waals surface area contributed by atoms with Crippen LogP contribution in [0.4, 0.5) is 0 Å². The highest BCUT2D eigenvalue weighted by molar-refractivity contribution is 6.12. The van der Waals surface area contributed by atoms with Crippen LogP contribution in [0.2, 0.25) is 0 Å². The van der Waals surface area contributed by atoms with Gasteiger partial charge in [-0.2, -0.15) is 0 Å². The van der Waals surface area contributed by atoms with Crippen molar-refractivity contribution in [1.82, 2.24) is 18.9 Å². The summed E-state index contributed by atoms with van der Waals surface area (Å²) in [6.45, 7) is 8.83. The lowest BCUT2D eigenvalue weighted by Gasteiger charge is -2.20. The molecule has 0 saturated heterocycles. The van der Waals surface area contributed by atoms with Crippen molar-refractivity contribution < 1.29 is 4.74 Å². The first kappa shape index (κ1) is 28.3. The van der Waals surface area contributed by atoms with E-state index in [-0.39, 0.29) is 5.41 Å². The van der Waals surface area contributed by atoms with Crippen molar-refractivity contribution in [2.24, 2.45) is 0 Å². The molecule has 9 rings (SSSR count). The molecule has 0 fully saturated rings. The summed E-state index contributed by atoms with van der Waals surface area (Å²) in [5.41, 5.74) is 8.75. The van der Waals surface area contributed by atoms with Gasteiger partial charge in [0.15, 0.2) is 0 Å². The summed E-state index contributed by atoms with van der Waals surface area (Å²) in [7, 11) is 0. The Morgan fingerprint density at radius 1 is 0.604 bits per heavy atom. The monoisotopic (exact) mass is 622 g/mol. The Morgan fingerprint density at radius 2 is 1.27 bits per heavy atom. The molecule has 0 aliphatic heterocycles.